The summed E-state index contributed by atoms with van der Waals surface area (Å²) in [7, 11) is 0. The van der Waals surface area contributed by atoms with Gasteiger partial charge in [-0.2, -0.15) is 0 Å². The van der Waals surface area contributed by atoms with E-state index in [1.54, 1.807) is 18.4 Å². The summed E-state index contributed by atoms with van der Waals surface area (Å²) in [6.45, 7) is 1.61. The lowest BCUT2D eigenvalue weighted by Crippen LogP contribution is -2.38. The van der Waals surface area contributed by atoms with Crippen molar-refractivity contribution in [1.82, 2.24) is 4.90 Å². The number of phenols is 1. The van der Waals surface area contributed by atoms with Gasteiger partial charge in [-0.15, -0.1) is 0 Å². The van der Waals surface area contributed by atoms with Crippen molar-refractivity contribution < 1.29 is 19.1 Å². The molecule has 1 saturated heterocycles. The Morgan fingerprint density at radius 2 is 2.17 bits per heavy atom. The molecule has 120 valence electrons. The monoisotopic (exact) mass is 313 g/mol. The van der Waals surface area contributed by atoms with E-state index < -0.39 is 0 Å². The number of piperidine rings is 1. The molecule has 1 unspecified atom stereocenters. The number of phenolic OH excluding ortho intramolecular Hbond substituents is 1. The second kappa shape index (κ2) is 5.74. The molecule has 0 saturated carbocycles. The second-order valence-corrected chi connectivity index (χ2v) is 6.15. The molecule has 1 N–H and O–H groups in total. The lowest BCUT2D eigenvalue weighted by molar-refractivity contribution is 0.0604. The van der Waals surface area contributed by atoms with Crippen LogP contribution in [0.1, 0.15) is 52.5 Å². The van der Waals surface area contributed by atoms with Gasteiger partial charge in [0.25, 0.3) is 5.91 Å². The number of aromatic hydroxyl groups is 1. The molecule has 1 aromatic heterocycles. The zero-order valence-electron chi connectivity index (χ0n) is 12.8. The fourth-order valence-corrected chi connectivity index (χ4v) is 3.54. The maximum atomic E-state index is 13.0. The van der Waals surface area contributed by atoms with Crippen molar-refractivity contribution >= 4 is 5.91 Å². The van der Waals surface area contributed by atoms with Crippen molar-refractivity contribution in [2.24, 2.45) is 0 Å². The molecule has 5 heteroatoms. The van der Waals surface area contributed by atoms with E-state index in [9.17, 15) is 9.90 Å². The van der Waals surface area contributed by atoms with Crippen molar-refractivity contribution in [2.45, 2.75) is 38.5 Å². The maximum Gasteiger partial charge on any atom is 0.258 e. The fraction of sp³-hybridized carbons (Fsp3) is 0.389. The van der Waals surface area contributed by atoms with Crippen molar-refractivity contribution in [3.8, 4) is 5.75 Å². The van der Waals surface area contributed by atoms with Crippen LogP contribution in [0.15, 0.2) is 34.9 Å². The third-order valence-electron chi connectivity index (χ3n) is 4.71. The first kappa shape index (κ1) is 14.3. The van der Waals surface area contributed by atoms with Crippen molar-refractivity contribution in [3.05, 3.63) is 53.0 Å². The maximum absolute atomic E-state index is 13.0. The molecule has 0 radical (unpaired) electrons. The van der Waals surface area contributed by atoms with Gasteiger partial charge in [-0.1, -0.05) is 12.1 Å². The van der Waals surface area contributed by atoms with E-state index in [1.165, 1.54) is 0 Å². The Labute approximate surface area is 134 Å². The molecular formula is C18H19NO4. The van der Waals surface area contributed by atoms with E-state index in [0.29, 0.717) is 18.8 Å². The number of nitrogens with zero attached hydrogens (tertiary/aromatic N) is 1. The largest absolute Gasteiger partial charge is 0.508 e. The number of hydrogen-bond donors (Lipinski definition) is 1. The molecule has 5 nitrogen and oxygen atoms in total. The molecule has 2 aliphatic rings. The normalized spacial score (nSPS) is 20.5. The summed E-state index contributed by atoms with van der Waals surface area (Å²) in [6, 6.07) is 7.19. The van der Waals surface area contributed by atoms with Crippen LogP contribution in [-0.4, -0.2) is 22.5 Å². The van der Waals surface area contributed by atoms with Crippen LogP contribution in [0, 0.1) is 0 Å². The number of furan rings is 1. The summed E-state index contributed by atoms with van der Waals surface area (Å²) in [4.78, 5) is 14.9. The van der Waals surface area contributed by atoms with Crippen LogP contribution < -0.4 is 0 Å². The summed E-state index contributed by atoms with van der Waals surface area (Å²) >= 11 is 0. The minimum atomic E-state index is -0.00598. The van der Waals surface area contributed by atoms with Crippen molar-refractivity contribution in [2.75, 3.05) is 6.54 Å². The van der Waals surface area contributed by atoms with Gasteiger partial charge >= 0.3 is 0 Å². The van der Waals surface area contributed by atoms with Gasteiger partial charge in [0, 0.05) is 12.1 Å². The molecule has 2 aliphatic heterocycles. The lowest BCUT2D eigenvalue weighted by atomic mass is 9.94. The molecule has 3 heterocycles. The van der Waals surface area contributed by atoms with Crippen LogP contribution in [0.5, 0.6) is 5.75 Å². The first-order chi connectivity index (χ1) is 11.2. The minimum absolute atomic E-state index is 0.00350. The van der Waals surface area contributed by atoms with E-state index in [2.05, 4.69) is 0 Å². The van der Waals surface area contributed by atoms with Gasteiger partial charge in [-0.25, -0.2) is 0 Å². The highest BCUT2D eigenvalue weighted by molar-refractivity contribution is 5.96. The highest BCUT2D eigenvalue weighted by Gasteiger charge is 2.32. The third kappa shape index (κ3) is 2.51. The first-order valence-corrected chi connectivity index (χ1v) is 8.01. The van der Waals surface area contributed by atoms with E-state index in [4.69, 9.17) is 9.15 Å². The van der Waals surface area contributed by atoms with Gasteiger partial charge in [-0.3, -0.25) is 4.79 Å². The Kier molecular flexibility index (Phi) is 3.58. The second-order valence-electron chi connectivity index (χ2n) is 6.15. The highest BCUT2D eigenvalue weighted by atomic mass is 16.5. The van der Waals surface area contributed by atoms with Gasteiger partial charge in [0.05, 0.1) is 18.2 Å². The Bertz CT molecular complexity index is 736. The number of carbonyl (C=O) groups is 1. The van der Waals surface area contributed by atoms with Gasteiger partial charge in [-0.05, 0) is 37.0 Å². The first-order valence-electron chi connectivity index (χ1n) is 8.01. The minimum Gasteiger partial charge on any atom is -0.508 e. The number of likely N-dealkylation sites (tertiary alicyclic amines) is 1. The van der Waals surface area contributed by atoms with Crippen LogP contribution in [0.2, 0.25) is 0 Å². The zero-order valence-corrected chi connectivity index (χ0v) is 12.8. The quantitative estimate of drug-likeness (QED) is 0.923. The smallest absolute Gasteiger partial charge is 0.258 e. The van der Waals surface area contributed by atoms with Gasteiger partial charge in [0.15, 0.2) is 0 Å². The average molecular weight is 313 g/mol. The SMILES string of the molecule is O=C(c1coc2c1COC2)N1CCCCC1c1cccc(O)c1. The van der Waals surface area contributed by atoms with Crippen LogP contribution in [0.25, 0.3) is 0 Å². The van der Waals surface area contributed by atoms with E-state index in [1.807, 2.05) is 17.0 Å². The Balaban J connectivity index is 1.66. The predicted octanol–water partition coefficient (Wildman–Crippen LogP) is 3.38. The summed E-state index contributed by atoms with van der Waals surface area (Å²) in [5, 5.41) is 9.74. The van der Waals surface area contributed by atoms with Gasteiger partial charge in [0.2, 0.25) is 0 Å². The molecule has 23 heavy (non-hydrogen) atoms. The van der Waals surface area contributed by atoms with Crippen molar-refractivity contribution in [3.63, 3.8) is 0 Å². The number of amides is 1. The zero-order chi connectivity index (χ0) is 15.8. The van der Waals surface area contributed by atoms with Crippen LogP contribution >= 0.6 is 0 Å². The molecular weight excluding hydrogens is 294 g/mol. The van der Waals surface area contributed by atoms with E-state index in [-0.39, 0.29) is 17.7 Å². The average Bonchev–Trinajstić information content (AvgIpc) is 3.17. The highest BCUT2D eigenvalue weighted by Crippen LogP contribution is 2.35. The molecule has 0 aliphatic carbocycles. The molecule has 0 spiro atoms. The topological polar surface area (TPSA) is 62.9 Å². The van der Waals surface area contributed by atoms with Crippen LogP contribution in [-0.2, 0) is 18.0 Å². The Morgan fingerprint density at radius 3 is 3.04 bits per heavy atom. The molecule has 1 fully saturated rings. The summed E-state index contributed by atoms with van der Waals surface area (Å²) < 4.78 is 10.8. The number of rotatable bonds is 2. The van der Waals surface area contributed by atoms with Gasteiger partial charge < -0.3 is 19.2 Å². The van der Waals surface area contributed by atoms with E-state index >= 15 is 0 Å². The molecule has 4 rings (SSSR count). The Hall–Kier alpha value is -2.27. The van der Waals surface area contributed by atoms with E-state index in [0.717, 1.165) is 42.7 Å². The lowest BCUT2D eigenvalue weighted by Gasteiger charge is -2.36. The molecule has 1 amide bonds. The number of hydrogen-bond acceptors (Lipinski definition) is 4. The van der Waals surface area contributed by atoms with Crippen molar-refractivity contribution in [1.29, 1.82) is 0 Å². The molecule has 2 aromatic rings. The number of carbonyl (C=O) groups excluding carboxylic acids is 1. The summed E-state index contributed by atoms with van der Waals surface area (Å²) in [5.74, 6) is 0.992. The molecule has 0 bridgehead atoms. The third-order valence-corrected chi connectivity index (χ3v) is 4.71. The number of fused-ring (bicyclic) bond motifs is 1. The predicted molar refractivity (Wildman–Crippen MR) is 82.9 cm³/mol. The standard InChI is InChI=1S/C18H19NO4/c20-13-5-3-4-12(8-13)16-6-1-2-7-19(16)18(21)15-10-23-17-11-22-9-14(15)17/h3-5,8,10,16,20H,1-2,6-7,9,11H2. The van der Waals surface area contributed by atoms with Crippen LogP contribution in [0.3, 0.4) is 0 Å². The number of benzene rings is 1. The molecule has 1 atom stereocenters. The fourth-order valence-electron chi connectivity index (χ4n) is 3.54. The Morgan fingerprint density at radius 1 is 1.26 bits per heavy atom. The van der Waals surface area contributed by atoms with Gasteiger partial charge in [0.1, 0.15) is 24.4 Å². The molecule has 1 aromatic carbocycles. The number of ether oxygens (including phenoxy) is 1. The summed E-state index contributed by atoms with van der Waals surface area (Å²) in [6.07, 6.45) is 4.55. The van der Waals surface area contributed by atoms with Crippen LogP contribution in [0.4, 0.5) is 0 Å². The summed E-state index contributed by atoms with van der Waals surface area (Å²) in [5.41, 5.74) is 2.48.